The number of H-pyrrole nitrogens is 1. The lowest BCUT2D eigenvalue weighted by atomic mass is 9.98. The summed E-state index contributed by atoms with van der Waals surface area (Å²) in [6.07, 6.45) is -0.679. The van der Waals surface area contributed by atoms with Crippen molar-refractivity contribution in [2.75, 3.05) is 7.11 Å². The van der Waals surface area contributed by atoms with Crippen LogP contribution in [-0.4, -0.2) is 23.0 Å². The third kappa shape index (κ3) is 3.76. The molecule has 0 aliphatic carbocycles. The van der Waals surface area contributed by atoms with E-state index in [-0.39, 0.29) is 11.5 Å². The predicted molar refractivity (Wildman–Crippen MR) is 116 cm³/mol. The van der Waals surface area contributed by atoms with Gasteiger partial charge in [-0.2, -0.15) is 0 Å². The lowest BCUT2D eigenvalue weighted by Crippen LogP contribution is -2.20. The second kappa shape index (κ2) is 7.99. The molecule has 1 N–H and O–H groups in total. The Bertz CT molecular complexity index is 1300. The molecule has 3 aromatic carbocycles. The van der Waals surface area contributed by atoms with Crippen molar-refractivity contribution >= 4 is 27.6 Å². The summed E-state index contributed by atoms with van der Waals surface area (Å²) < 4.78 is 10.9. The van der Waals surface area contributed by atoms with Crippen LogP contribution in [0.15, 0.2) is 65.5 Å². The third-order valence-corrected chi connectivity index (χ3v) is 5.23. The summed E-state index contributed by atoms with van der Waals surface area (Å²) in [4.78, 5) is 32.2. The van der Waals surface area contributed by atoms with E-state index in [0.717, 1.165) is 22.1 Å². The minimum Gasteiger partial charge on any atom is -0.497 e. The first-order chi connectivity index (χ1) is 14.5. The first-order valence-corrected chi connectivity index (χ1v) is 9.73. The van der Waals surface area contributed by atoms with Crippen LogP contribution in [0.5, 0.6) is 5.75 Å². The zero-order valence-corrected chi connectivity index (χ0v) is 17.0. The van der Waals surface area contributed by atoms with Crippen LogP contribution in [0.4, 0.5) is 0 Å². The molecule has 6 nitrogen and oxygen atoms in total. The van der Waals surface area contributed by atoms with E-state index in [1.165, 1.54) is 0 Å². The Kier molecular flexibility index (Phi) is 5.23. The summed E-state index contributed by atoms with van der Waals surface area (Å²) in [6.45, 7) is 3.50. The zero-order valence-electron chi connectivity index (χ0n) is 17.0. The topological polar surface area (TPSA) is 81.3 Å². The molecule has 152 valence electrons. The van der Waals surface area contributed by atoms with Crippen LogP contribution >= 0.6 is 0 Å². The molecule has 6 heteroatoms. The molecule has 0 amide bonds. The van der Waals surface area contributed by atoms with E-state index in [9.17, 15) is 9.59 Å². The van der Waals surface area contributed by atoms with Crippen LogP contribution in [-0.2, 0) is 9.53 Å². The van der Waals surface area contributed by atoms with Crippen molar-refractivity contribution < 1.29 is 14.3 Å². The number of esters is 1. The summed E-state index contributed by atoms with van der Waals surface area (Å²) in [5.41, 5.74) is 1.17. The number of aromatic amines is 1. The average molecular weight is 402 g/mol. The molecule has 4 rings (SSSR count). The third-order valence-electron chi connectivity index (χ3n) is 5.23. The quantitative estimate of drug-likeness (QED) is 0.497. The maximum atomic E-state index is 12.8. The van der Waals surface area contributed by atoms with Crippen LogP contribution in [0.1, 0.15) is 37.3 Å². The van der Waals surface area contributed by atoms with Gasteiger partial charge in [0.2, 0.25) is 0 Å². The Hall–Kier alpha value is -3.67. The highest BCUT2D eigenvalue weighted by atomic mass is 16.5. The van der Waals surface area contributed by atoms with Crippen LogP contribution in [0.3, 0.4) is 0 Å². The summed E-state index contributed by atoms with van der Waals surface area (Å²) >= 11 is 0. The Morgan fingerprint density at radius 3 is 2.53 bits per heavy atom. The summed E-state index contributed by atoms with van der Waals surface area (Å²) in [6, 6.07) is 18.7. The van der Waals surface area contributed by atoms with Gasteiger partial charge in [0.1, 0.15) is 5.75 Å². The van der Waals surface area contributed by atoms with Gasteiger partial charge in [-0.3, -0.25) is 9.59 Å². The number of ether oxygens (including phenoxy) is 2. The first kappa shape index (κ1) is 19.6. The predicted octanol–water partition coefficient (Wildman–Crippen LogP) is 4.49. The molecule has 0 aliphatic heterocycles. The molecule has 0 unspecified atom stereocenters. The van der Waals surface area contributed by atoms with Crippen LogP contribution in [0.2, 0.25) is 0 Å². The lowest BCUT2D eigenvalue weighted by Gasteiger charge is -2.17. The minimum absolute atomic E-state index is 0.253. The normalized spacial score (nSPS) is 13.2. The van der Waals surface area contributed by atoms with Crippen molar-refractivity contribution in [2.45, 2.75) is 25.9 Å². The maximum absolute atomic E-state index is 12.8. The van der Waals surface area contributed by atoms with Gasteiger partial charge >= 0.3 is 5.97 Å². The zero-order chi connectivity index (χ0) is 21.3. The fraction of sp³-hybridized carbons (Fsp3) is 0.208. The molecular formula is C24H22N2O4. The van der Waals surface area contributed by atoms with E-state index < -0.39 is 12.0 Å². The number of rotatable bonds is 5. The van der Waals surface area contributed by atoms with Gasteiger partial charge in [0, 0.05) is 0 Å². The lowest BCUT2D eigenvalue weighted by molar-refractivity contribution is -0.150. The molecule has 0 spiro atoms. The van der Waals surface area contributed by atoms with Crippen molar-refractivity contribution in [2.24, 2.45) is 0 Å². The Balaban J connectivity index is 1.54. The summed E-state index contributed by atoms with van der Waals surface area (Å²) in [7, 11) is 1.63. The summed E-state index contributed by atoms with van der Waals surface area (Å²) in [5.74, 6) is 0.260. The van der Waals surface area contributed by atoms with Crippen molar-refractivity contribution in [3.05, 3.63) is 82.4 Å². The van der Waals surface area contributed by atoms with Gasteiger partial charge in [0.05, 0.1) is 23.9 Å². The number of para-hydroxylation sites is 1. The number of methoxy groups -OCH3 is 1. The van der Waals surface area contributed by atoms with Gasteiger partial charge in [-0.1, -0.05) is 36.4 Å². The molecule has 2 atom stereocenters. The number of hydrogen-bond acceptors (Lipinski definition) is 5. The van der Waals surface area contributed by atoms with E-state index >= 15 is 0 Å². The minimum atomic E-state index is -0.679. The van der Waals surface area contributed by atoms with Crippen molar-refractivity contribution in [3.63, 3.8) is 0 Å². The number of fused-ring (bicyclic) bond motifs is 2. The summed E-state index contributed by atoms with van der Waals surface area (Å²) in [5, 5.41) is 2.55. The standard InChI is InChI=1S/C24H22N2O4/c1-14(16-8-9-18-13-19(29-3)11-10-17(18)12-16)24(28)30-15(2)22-25-21-7-5-4-6-20(21)23(27)26-22/h4-15H,1-3H3,(H,25,26,27)/t14-,15+/m0/s1. The second-order valence-corrected chi connectivity index (χ2v) is 7.24. The molecule has 1 aromatic heterocycles. The van der Waals surface area contributed by atoms with Crippen LogP contribution < -0.4 is 10.3 Å². The highest BCUT2D eigenvalue weighted by Crippen LogP contribution is 2.27. The smallest absolute Gasteiger partial charge is 0.313 e. The number of carbonyl (C=O) groups excluding carboxylic acids is 1. The number of aromatic nitrogens is 2. The maximum Gasteiger partial charge on any atom is 0.313 e. The average Bonchev–Trinajstić information content (AvgIpc) is 2.77. The fourth-order valence-electron chi connectivity index (χ4n) is 3.40. The largest absolute Gasteiger partial charge is 0.497 e. The highest BCUT2D eigenvalue weighted by molar-refractivity contribution is 5.87. The highest BCUT2D eigenvalue weighted by Gasteiger charge is 2.22. The Morgan fingerprint density at radius 1 is 1.00 bits per heavy atom. The van der Waals surface area contributed by atoms with E-state index in [4.69, 9.17) is 9.47 Å². The molecule has 30 heavy (non-hydrogen) atoms. The van der Waals surface area contributed by atoms with E-state index in [2.05, 4.69) is 9.97 Å². The van der Waals surface area contributed by atoms with E-state index in [1.807, 2.05) is 42.5 Å². The Morgan fingerprint density at radius 2 is 1.73 bits per heavy atom. The van der Waals surface area contributed by atoms with Gasteiger partial charge < -0.3 is 14.5 Å². The molecule has 0 saturated carbocycles. The van der Waals surface area contributed by atoms with Gasteiger partial charge in [0.15, 0.2) is 11.9 Å². The van der Waals surface area contributed by atoms with Crippen molar-refractivity contribution in [1.82, 2.24) is 9.97 Å². The second-order valence-electron chi connectivity index (χ2n) is 7.24. The molecule has 1 heterocycles. The van der Waals surface area contributed by atoms with Gasteiger partial charge in [-0.05, 0) is 54.4 Å². The van der Waals surface area contributed by atoms with Crippen LogP contribution in [0, 0.1) is 0 Å². The first-order valence-electron chi connectivity index (χ1n) is 9.73. The molecule has 0 aliphatic rings. The molecule has 4 aromatic rings. The fourth-order valence-corrected chi connectivity index (χ4v) is 3.40. The molecule has 0 saturated heterocycles. The number of hydrogen-bond donors (Lipinski definition) is 1. The Labute approximate surface area is 173 Å². The number of nitrogens with one attached hydrogen (secondary N) is 1. The number of nitrogens with zero attached hydrogens (tertiary/aromatic N) is 1. The van der Waals surface area contributed by atoms with Crippen molar-refractivity contribution in [3.8, 4) is 5.75 Å². The molecular weight excluding hydrogens is 380 g/mol. The molecule has 0 bridgehead atoms. The number of carbonyl (C=O) groups is 1. The van der Waals surface area contributed by atoms with Crippen molar-refractivity contribution in [1.29, 1.82) is 0 Å². The van der Waals surface area contributed by atoms with Gasteiger partial charge in [0.25, 0.3) is 5.56 Å². The van der Waals surface area contributed by atoms with E-state index in [0.29, 0.717) is 16.7 Å². The molecule has 0 fully saturated rings. The number of benzene rings is 3. The van der Waals surface area contributed by atoms with Gasteiger partial charge in [-0.25, -0.2) is 4.98 Å². The van der Waals surface area contributed by atoms with Gasteiger partial charge in [-0.15, -0.1) is 0 Å². The van der Waals surface area contributed by atoms with E-state index in [1.54, 1.807) is 39.2 Å². The van der Waals surface area contributed by atoms with Crippen LogP contribution in [0.25, 0.3) is 21.7 Å². The molecule has 0 radical (unpaired) electrons. The SMILES string of the molecule is COc1ccc2cc([C@H](C)C(=O)O[C@H](C)c3nc4ccccc4c(=O)[nH]3)ccc2c1. The monoisotopic (exact) mass is 402 g/mol.